The van der Waals surface area contributed by atoms with Crippen LogP contribution in [0.15, 0.2) is 59.3 Å². The average molecular weight is 447 g/mol. The van der Waals surface area contributed by atoms with E-state index < -0.39 is 0 Å². The number of fused-ring (bicyclic) bond motifs is 1. The van der Waals surface area contributed by atoms with E-state index in [1.165, 1.54) is 0 Å². The van der Waals surface area contributed by atoms with E-state index in [2.05, 4.69) is 30.6 Å². The molecular formula is C23H22N6O2S. The number of nitrogens with one attached hydrogen (secondary N) is 2. The molecular weight excluding hydrogens is 424 g/mol. The largest absolute Gasteiger partial charge is 0.486 e. The van der Waals surface area contributed by atoms with Gasteiger partial charge in [0.25, 0.3) is 6.02 Å². The molecule has 0 aliphatic carbocycles. The second kappa shape index (κ2) is 8.80. The summed E-state index contributed by atoms with van der Waals surface area (Å²) in [7, 11) is 0. The van der Waals surface area contributed by atoms with Crippen molar-refractivity contribution >= 4 is 45.5 Å². The van der Waals surface area contributed by atoms with Gasteiger partial charge in [-0.25, -0.2) is 19.9 Å². The minimum Gasteiger partial charge on any atom is -0.486 e. The number of benzene rings is 2. The second-order valence-electron chi connectivity index (χ2n) is 7.49. The van der Waals surface area contributed by atoms with E-state index in [0.29, 0.717) is 19.2 Å². The minimum absolute atomic E-state index is 0.162. The Bertz CT molecular complexity index is 1270. The third-order valence-electron chi connectivity index (χ3n) is 4.96. The Morgan fingerprint density at radius 3 is 2.75 bits per heavy atom. The first-order chi connectivity index (χ1) is 15.6. The Labute approximate surface area is 189 Å². The van der Waals surface area contributed by atoms with Crippen molar-refractivity contribution in [1.82, 2.24) is 15.0 Å². The van der Waals surface area contributed by atoms with Gasteiger partial charge in [-0.3, -0.25) is 0 Å². The van der Waals surface area contributed by atoms with Gasteiger partial charge >= 0.3 is 0 Å². The second-order valence-corrected chi connectivity index (χ2v) is 8.47. The van der Waals surface area contributed by atoms with E-state index >= 15 is 0 Å². The molecule has 1 aliphatic rings. The fourth-order valence-corrected chi connectivity index (χ4v) is 3.92. The van der Waals surface area contributed by atoms with Gasteiger partial charge in [-0.1, -0.05) is 0 Å². The van der Waals surface area contributed by atoms with E-state index in [0.717, 1.165) is 44.4 Å². The SMILES string of the molecule is Cc1cc(Nc2ncnc3ccc(NC4=NC(C)CO4)cc23)ccc1OCc1nccs1. The number of amidine groups is 1. The lowest BCUT2D eigenvalue weighted by atomic mass is 10.1. The van der Waals surface area contributed by atoms with Crippen LogP contribution in [-0.4, -0.2) is 33.6 Å². The fourth-order valence-electron chi connectivity index (χ4n) is 3.39. The highest BCUT2D eigenvalue weighted by Crippen LogP contribution is 2.29. The minimum atomic E-state index is 0.162. The van der Waals surface area contributed by atoms with Gasteiger partial charge in [0.2, 0.25) is 0 Å². The molecule has 2 aromatic carbocycles. The molecule has 0 bridgehead atoms. The maximum absolute atomic E-state index is 5.91. The van der Waals surface area contributed by atoms with Crippen molar-refractivity contribution in [3.8, 4) is 5.75 Å². The predicted octanol–water partition coefficient (Wildman–Crippen LogP) is 4.90. The molecule has 0 radical (unpaired) electrons. The van der Waals surface area contributed by atoms with Crippen LogP contribution in [-0.2, 0) is 11.3 Å². The standard InChI is InChI=1S/C23H22N6O2S/c1-14-9-16(4-6-20(14)30-12-21-24-7-8-32-21)28-22-18-10-17(3-5-19(18)25-13-26-22)29-23-27-15(2)11-31-23/h3-10,13,15H,11-12H2,1-2H3,(H,27,29)(H,25,26,28). The molecule has 1 unspecified atom stereocenters. The summed E-state index contributed by atoms with van der Waals surface area (Å²) < 4.78 is 11.5. The molecule has 1 atom stereocenters. The molecule has 0 amide bonds. The molecule has 0 fully saturated rings. The van der Waals surface area contributed by atoms with Crippen molar-refractivity contribution < 1.29 is 9.47 Å². The number of thiazole rings is 1. The third kappa shape index (κ3) is 4.47. The lowest BCUT2D eigenvalue weighted by Gasteiger charge is -2.13. The Morgan fingerprint density at radius 1 is 1.09 bits per heavy atom. The molecule has 8 nitrogen and oxygen atoms in total. The zero-order chi connectivity index (χ0) is 21.9. The summed E-state index contributed by atoms with van der Waals surface area (Å²) in [6.07, 6.45) is 3.34. The van der Waals surface area contributed by atoms with Gasteiger partial charge < -0.3 is 20.1 Å². The summed E-state index contributed by atoms with van der Waals surface area (Å²) in [6, 6.07) is 12.6. The Balaban J connectivity index is 1.35. The number of aryl methyl sites for hydroxylation is 1. The number of ether oxygens (including phenoxy) is 2. The van der Waals surface area contributed by atoms with Gasteiger partial charge in [0.1, 0.15) is 36.1 Å². The first-order valence-corrected chi connectivity index (χ1v) is 11.1. The van der Waals surface area contributed by atoms with E-state index in [4.69, 9.17) is 9.47 Å². The smallest absolute Gasteiger partial charge is 0.289 e. The van der Waals surface area contributed by atoms with Crippen molar-refractivity contribution in [3.05, 3.63) is 64.9 Å². The van der Waals surface area contributed by atoms with Crippen LogP contribution >= 0.6 is 11.3 Å². The normalized spacial score (nSPS) is 15.3. The topological polar surface area (TPSA) is 93.6 Å². The molecule has 9 heteroatoms. The van der Waals surface area contributed by atoms with Crippen LogP contribution in [0, 0.1) is 6.92 Å². The van der Waals surface area contributed by atoms with E-state index in [-0.39, 0.29) is 6.04 Å². The Hall–Kier alpha value is -3.72. The lowest BCUT2D eigenvalue weighted by molar-refractivity contribution is 0.303. The highest BCUT2D eigenvalue weighted by atomic mass is 32.1. The molecule has 0 spiro atoms. The molecule has 5 rings (SSSR count). The molecule has 2 aromatic heterocycles. The summed E-state index contributed by atoms with van der Waals surface area (Å²) in [5.41, 5.74) is 3.65. The van der Waals surface area contributed by atoms with E-state index in [9.17, 15) is 0 Å². The van der Waals surface area contributed by atoms with Crippen molar-refractivity contribution in [3.63, 3.8) is 0 Å². The number of hydrogen-bond acceptors (Lipinski definition) is 9. The quantitative estimate of drug-likeness (QED) is 0.435. The first-order valence-electron chi connectivity index (χ1n) is 10.3. The van der Waals surface area contributed by atoms with E-state index in [1.807, 2.05) is 55.6 Å². The van der Waals surface area contributed by atoms with Gasteiger partial charge in [0, 0.05) is 28.3 Å². The number of anilines is 3. The molecule has 4 aromatic rings. The monoisotopic (exact) mass is 446 g/mol. The van der Waals surface area contributed by atoms with Crippen molar-refractivity contribution in [2.24, 2.45) is 4.99 Å². The Kier molecular flexibility index (Phi) is 5.55. The molecule has 0 saturated carbocycles. The molecule has 0 saturated heterocycles. The first kappa shape index (κ1) is 20.2. The van der Waals surface area contributed by atoms with Crippen LogP contribution in [0.5, 0.6) is 5.75 Å². The van der Waals surface area contributed by atoms with Crippen molar-refractivity contribution in [1.29, 1.82) is 0 Å². The number of nitrogens with zero attached hydrogens (tertiary/aromatic N) is 4. The zero-order valence-corrected chi connectivity index (χ0v) is 18.5. The van der Waals surface area contributed by atoms with E-state index in [1.54, 1.807) is 23.9 Å². The molecule has 2 N–H and O–H groups in total. The molecule has 1 aliphatic heterocycles. The fraction of sp³-hybridized carbons (Fsp3) is 0.217. The lowest BCUT2D eigenvalue weighted by Crippen LogP contribution is -2.11. The predicted molar refractivity (Wildman–Crippen MR) is 127 cm³/mol. The van der Waals surface area contributed by atoms with Crippen molar-refractivity contribution in [2.45, 2.75) is 26.5 Å². The summed E-state index contributed by atoms with van der Waals surface area (Å²) in [4.78, 5) is 17.5. The van der Waals surface area contributed by atoms with Gasteiger partial charge in [0.05, 0.1) is 11.6 Å². The van der Waals surface area contributed by atoms with Crippen LogP contribution in [0.2, 0.25) is 0 Å². The number of aromatic nitrogens is 3. The van der Waals surface area contributed by atoms with Gasteiger partial charge in [0.15, 0.2) is 0 Å². The van der Waals surface area contributed by atoms with Gasteiger partial charge in [-0.05, 0) is 55.8 Å². The highest BCUT2D eigenvalue weighted by Gasteiger charge is 2.15. The maximum Gasteiger partial charge on any atom is 0.289 e. The Morgan fingerprint density at radius 2 is 1.97 bits per heavy atom. The number of hydrogen-bond donors (Lipinski definition) is 2. The molecule has 3 heterocycles. The third-order valence-corrected chi connectivity index (χ3v) is 5.71. The number of rotatable bonds is 6. The van der Waals surface area contributed by atoms with Crippen molar-refractivity contribution in [2.75, 3.05) is 17.2 Å². The average Bonchev–Trinajstić information content (AvgIpc) is 3.45. The molecule has 32 heavy (non-hydrogen) atoms. The van der Waals surface area contributed by atoms with Crippen LogP contribution in [0.1, 0.15) is 17.5 Å². The van der Waals surface area contributed by atoms with Crippen LogP contribution in [0.25, 0.3) is 10.9 Å². The summed E-state index contributed by atoms with van der Waals surface area (Å²) in [5.74, 6) is 1.55. The summed E-state index contributed by atoms with van der Waals surface area (Å²) in [5, 5.41) is 10.4. The van der Waals surface area contributed by atoms with Crippen LogP contribution in [0.3, 0.4) is 0 Å². The highest BCUT2D eigenvalue weighted by molar-refractivity contribution is 7.09. The maximum atomic E-state index is 5.91. The number of aliphatic imine (C=N–C) groups is 1. The molecule has 162 valence electrons. The van der Waals surface area contributed by atoms with Crippen LogP contribution < -0.4 is 15.4 Å². The zero-order valence-electron chi connectivity index (χ0n) is 17.7. The summed E-state index contributed by atoms with van der Waals surface area (Å²) in [6.45, 7) is 5.09. The summed E-state index contributed by atoms with van der Waals surface area (Å²) >= 11 is 1.58. The van der Waals surface area contributed by atoms with Crippen LogP contribution in [0.4, 0.5) is 17.2 Å². The van der Waals surface area contributed by atoms with Gasteiger partial charge in [-0.15, -0.1) is 11.3 Å². The van der Waals surface area contributed by atoms with Gasteiger partial charge in [-0.2, -0.15) is 0 Å².